The van der Waals surface area contributed by atoms with E-state index in [1.807, 2.05) is 6.92 Å². The highest BCUT2D eigenvalue weighted by Gasteiger charge is 2.17. The van der Waals surface area contributed by atoms with E-state index < -0.39 is 0 Å². The highest BCUT2D eigenvalue weighted by atomic mass is 16.5. The van der Waals surface area contributed by atoms with Gasteiger partial charge in [-0.2, -0.15) is 0 Å². The SMILES string of the molecule is CCOC(=O)CNc1ccc2c(c1)CC(NCc1ccccc1)CCC2. The molecule has 0 bridgehead atoms. The molecule has 1 unspecified atom stereocenters. The number of nitrogens with one attached hydrogen (secondary N) is 2. The van der Waals surface area contributed by atoms with Crippen molar-refractivity contribution >= 4 is 11.7 Å². The number of carbonyl (C=O) groups excluding carboxylic acids is 1. The second kappa shape index (κ2) is 9.39. The third kappa shape index (κ3) is 5.33. The van der Waals surface area contributed by atoms with Crippen LogP contribution in [0.1, 0.15) is 36.5 Å². The van der Waals surface area contributed by atoms with Gasteiger partial charge in [0.05, 0.1) is 6.61 Å². The Bertz CT molecular complexity index is 715. The zero-order chi connectivity index (χ0) is 18.2. The Morgan fingerprint density at radius 3 is 2.81 bits per heavy atom. The summed E-state index contributed by atoms with van der Waals surface area (Å²) in [7, 11) is 0. The summed E-state index contributed by atoms with van der Waals surface area (Å²) in [5, 5.41) is 6.89. The van der Waals surface area contributed by atoms with E-state index in [-0.39, 0.29) is 12.5 Å². The maximum absolute atomic E-state index is 11.5. The average Bonchev–Trinajstić information content (AvgIpc) is 2.87. The van der Waals surface area contributed by atoms with Crippen LogP contribution in [-0.2, 0) is 28.9 Å². The number of anilines is 1. The zero-order valence-corrected chi connectivity index (χ0v) is 15.5. The third-order valence-electron chi connectivity index (χ3n) is 4.85. The van der Waals surface area contributed by atoms with Crippen molar-refractivity contribution in [2.24, 2.45) is 0 Å². The van der Waals surface area contributed by atoms with Crippen molar-refractivity contribution in [1.82, 2.24) is 5.32 Å². The Morgan fingerprint density at radius 1 is 1.15 bits per heavy atom. The standard InChI is InChI=1S/C22H28N2O2/c1-2-26-22(25)16-24-21-12-11-18-9-6-10-20(13-19(18)14-21)23-15-17-7-4-3-5-8-17/h3-5,7-8,11-12,14,20,23-24H,2,6,9-10,13,15-16H2,1H3. The summed E-state index contributed by atoms with van der Waals surface area (Å²) in [6, 6.07) is 17.5. The van der Waals surface area contributed by atoms with E-state index in [2.05, 4.69) is 59.2 Å². The predicted octanol–water partition coefficient (Wildman–Crippen LogP) is 3.70. The smallest absolute Gasteiger partial charge is 0.325 e. The Balaban J connectivity index is 1.60. The van der Waals surface area contributed by atoms with Crippen LogP contribution in [0.4, 0.5) is 5.69 Å². The van der Waals surface area contributed by atoms with E-state index in [0.717, 1.165) is 25.1 Å². The summed E-state index contributed by atoms with van der Waals surface area (Å²) in [4.78, 5) is 11.5. The van der Waals surface area contributed by atoms with E-state index in [0.29, 0.717) is 12.6 Å². The molecule has 4 heteroatoms. The minimum Gasteiger partial charge on any atom is -0.465 e. The number of ether oxygens (including phenoxy) is 1. The average molecular weight is 352 g/mol. The number of fused-ring (bicyclic) bond motifs is 1. The summed E-state index contributed by atoms with van der Waals surface area (Å²) < 4.78 is 4.98. The second-order valence-electron chi connectivity index (χ2n) is 6.80. The Kier molecular flexibility index (Phi) is 6.67. The van der Waals surface area contributed by atoms with Crippen molar-refractivity contribution in [2.75, 3.05) is 18.5 Å². The third-order valence-corrected chi connectivity index (χ3v) is 4.85. The van der Waals surface area contributed by atoms with Crippen LogP contribution in [0.5, 0.6) is 0 Å². The fourth-order valence-corrected chi connectivity index (χ4v) is 3.49. The van der Waals surface area contributed by atoms with E-state index in [4.69, 9.17) is 4.74 Å². The molecule has 2 aromatic carbocycles. The number of carbonyl (C=O) groups is 1. The zero-order valence-electron chi connectivity index (χ0n) is 15.5. The minimum atomic E-state index is -0.218. The molecule has 0 amide bonds. The van der Waals surface area contributed by atoms with Crippen molar-refractivity contribution in [3.8, 4) is 0 Å². The number of hydrogen-bond acceptors (Lipinski definition) is 4. The minimum absolute atomic E-state index is 0.211. The molecule has 138 valence electrons. The first kappa shape index (κ1) is 18.5. The van der Waals surface area contributed by atoms with E-state index in [1.54, 1.807) is 0 Å². The summed E-state index contributed by atoms with van der Waals surface area (Å²) in [6.45, 7) is 3.35. The van der Waals surface area contributed by atoms with Gasteiger partial charge < -0.3 is 15.4 Å². The molecule has 0 saturated carbocycles. The highest BCUT2D eigenvalue weighted by Crippen LogP contribution is 2.24. The number of rotatable bonds is 7. The lowest BCUT2D eigenvalue weighted by atomic mass is 10.0. The van der Waals surface area contributed by atoms with Gasteiger partial charge in [0.15, 0.2) is 0 Å². The molecule has 0 spiro atoms. The van der Waals surface area contributed by atoms with Gasteiger partial charge in [-0.1, -0.05) is 36.4 Å². The maximum atomic E-state index is 11.5. The van der Waals surface area contributed by atoms with Crippen LogP contribution in [0.15, 0.2) is 48.5 Å². The first-order valence-corrected chi connectivity index (χ1v) is 9.53. The summed E-state index contributed by atoms with van der Waals surface area (Å²) in [5.41, 5.74) is 5.11. The first-order valence-electron chi connectivity index (χ1n) is 9.53. The number of hydrogen-bond donors (Lipinski definition) is 2. The largest absolute Gasteiger partial charge is 0.465 e. The summed E-state index contributed by atoms with van der Waals surface area (Å²) >= 11 is 0. The fourth-order valence-electron chi connectivity index (χ4n) is 3.49. The van der Waals surface area contributed by atoms with Crippen LogP contribution in [-0.4, -0.2) is 25.2 Å². The lowest BCUT2D eigenvalue weighted by Crippen LogP contribution is -2.30. The first-order chi connectivity index (χ1) is 12.7. The lowest BCUT2D eigenvalue weighted by molar-refractivity contribution is -0.140. The van der Waals surface area contributed by atoms with E-state index in [9.17, 15) is 4.79 Å². The Labute approximate surface area is 156 Å². The topological polar surface area (TPSA) is 50.4 Å². The van der Waals surface area contributed by atoms with Crippen molar-refractivity contribution in [2.45, 2.75) is 45.2 Å². The second-order valence-corrected chi connectivity index (χ2v) is 6.80. The monoisotopic (exact) mass is 352 g/mol. The van der Waals surface area contributed by atoms with Gasteiger partial charge in [0, 0.05) is 18.3 Å². The molecule has 26 heavy (non-hydrogen) atoms. The van der Waals surface area contributed by atoms with Gasteiger partial charge >= 0.3 is 5.97 Å². The molecule has 0 fully saturated rings. The predicted molar refractivity (Wildman–Crippen MR) is 105 cm³/mol. The van der Waals surface area contributed by atoms with Gasteiger partial charge in [-0.15, -0.1) is 0 Å². The van der Waals surface area contributed by atoms with Gasteiger partial charge in [-0.05, 0) is 61.4 Å². The molecule has 0 aromatic heterocycles. The van der Waals surface area contributed by atoms with Crippen LogP contribution in [0.25, 0.3) is 0 Å². The van der Waals surface area contributed by atoms with Gasteiger partial charge in [0.2, 0.25) is 0 Å². The molecule has 0 aliphatic heterocycles. The molecule has 1 aliphatic carbocycles. The van der Waals surface area contributed by atoms with Crippen LogP contribution in [0.2, 0.25) is 0 Å². The summed E-state index contributed by atoms with van der Waals surface area (Å²) in [6.07, 6.45) is 4.54. The molecule has 1 aliphatic rings. The highest BCUT2D eigenvalue weighted by molar-refractivity contribution is 5.75. The maximum Gasteiger partial charge on any atom is 0.325 e. The van der Waals surface area contributed by atoms with Crippen LogP contribution in [0.3, 0.4) is 0 Å². The number of aryl methyl sites for hydroxylation is 1. The molecule has 2 aromatic rings. The van der Waals surface area contributed by atoms with Crippen LogP contribution < -0.4 is 10.6 Å². The van der Waals surface area contributed by atoms with Crippen LogP contribution >= 0.6 is 0 Å². The Morgan fingerprint density at radius 2 is 2.00 bits per heavy atom. The molecule has 4 nitrogen and oxygen atoms in total. The van der Waals surface area contributed by atoms with Crippen molar-refractivity contribution < 1.29 is 9.53 Å². The van der Waals surface area contributed by atoms with E-state index in [1.165, 1.54) is 29.5 Å². The van der Waals surface area contributed by atoms with Crippen molar-refractivity contribution in [3.63, 3.8) is 0 Å². The molecule has 3 rings (SSSR count). The normalized spacial score (nSPS) is 16.4. The fraction of sp³-hybridized carbons (Fsp3) is 0.409. The number of benzene rings is 2. The molecular weight excluding hydrogens is 324 g/mol. The molecular formula is C22H28N2O2. The number of esters is 1. The molecule has 2 N–H and O–H groups in total. The quantitative estimate of drug-likeness (QED) is 0.589. The van der Waals surface area contributed by atoms with Crippen molar-refractivity contribution in [3.05, 3.63) is 65.2 Å². The van der Waals surface area contributed by atoms with Gasteiger partial charge in [-0.3, -0.25) is 4.79 Å². The Hall–Kier alpha value is -2.33. The van der Waals surface area contributed by atoms with Crippen molar-refractivity contribution in [1.29, 1.82) is 0 Å². The molecule has 1 atom stereocenters. The van der Waals surface area contributed by atoms with Crippen LogP contribution in [0, 0.1) is 0 Å². The molecule has 0 heterocycles. The molecule has 0 radical (unpaired) electrons. The summed E-state index contributed by atoms with van der Waals surface area (Å²) in [5.74, 6) is -0.218. The van der Waals surface area contributed by atoms with Gasteiger partial charge in [-0.25, -0.2) is 0 Å². The van der Waals surface area contributed by atoms with E-state index >= 15 is 0 Å². The lowest BCUT2D eigenvalue weighted by Gasteiger charge is -2.18. The molecule has 0 saturated heterocycles. The van der Waals surface area contributed by atoms with Gasteiger partial charge in [0.25, 0.3) is 0 Å². The van der Waals surface area contributed by atoms with Gasteiger partial charge in [0.1, 0.15) is 6.54 Å².